The molecule has 1 aromatic rings. The lowest BCUT2D eigenvalue weighted by atomic mass is 10.2. The van der Waals surface area contributed by atoms with Crippen LogP contribution >= 0.6 is 0 Å². The molecule has 1 aliphatic heterocycles. The van der Waals surface area contributed by atoms with Crippen LogP contribution in [0.1, 0.15) is 20.3 Å². The van der Waals surface area contributed by atoms with Crippen molar-refractivity contribution in [2.75, 3.05) is 39.8 Å². The molecule has 2 heterocycles. The Labute approximate surface area is 198 Å². The molecular weight excluding hydrogens is 416 g/mol. The van der Waals surface area contributed by atoms with Gasteiger partial charge in [-0.2, -0.15) is 10.2 Å². The standard InChI is InChI=1S/C14H26N4O.C11H12N2O/c1-6-14(18-9-7-17(5)8-10-18)16-15-13(4)19-11-12(2)3;1-2-6-11(7-3-4-10-14)13-9-5-8-12-13/h6,12,15H,1,4,7-11H2,2-3,5H3;2-3,5-10H,1,4H2/b16-14+;7-3-,11-6+. The van der Waals surface area contributed by atoms with Gasteiger partial charge in [-0.3, -0.25) is 0 Å². The number of nitrogens with one attached hydrogen (secondary N) is 1. The third-order valence-corrected chi connectivity index (χ3v) is 4.47. The van der Waals surface area contributed by atoms with Crippen molar-refractivity contribution in [1.82, 2.24) is 25.0 Å². The summed E-state index contributed by atoms with van der Waals surface area (Å²) in [5, 5.41) is 8.38. The van der Waals surface area contributed by atoms with E-state index in [0.29, 0.717) is 24.8 Å². The summed E-state index contributed by atoms with van der Waals surface area (Å²) in [4.78, 5) is 14.6. The molecule has 1 aromatic heterocycles. The summed E-state index contributed by atoms with van der Waals surface area (Å²) in [5.41, 5.74) is 3.72. The lowest BCUT2D eigenvalue weighted by Gasteiger charge is -2.33. The molecule has 8 heteroatoms. The van der Waals surface area contributed by atoms with E-state index in [4.69, 9.17) is 4.74 Å². The molecule has 0 atom stereocenters. The number of rotatable bonds is 11. The van der Waals surface area contributed by atoms with E-state index in [1.165, 1.54) is 0 Å². The minimum absolute atomic E-state index is 0.412. The van der Waals surface area contributed by atoms with Crippen LogP contribution in [0.4, 0.5) is 0 Å². The number of hydrogen-bond donors (Lipinski definition) is 1. The van der Waals surface area contributed by atoms with E-state index in [9.17, 15) is 4.79 Å². The van der Waals surface area contributed by atoms with Crippen molar-refractivity contribution in [1.29, 1.82) is 0 Å². The fourth-order valence-corrected chi connectivity index (χ4v) is 2.70. The van der Waals surface area contributed by atoms with Crippen molar-refractivity contribution in [3.8, 4) is 0 Å². The van der Waals surface area contributed by atoms with Gasteiger partial charge in [-0.05, 0) is 43.8 Å². The van der Waals surface area contributed by atoms with Crippen molar-refractivity contribution < 1.29 is 9.53 Å². The summed E-state index contributed by atoms with van der Waals surface area (Å²) >= 11 is 0. The summed E-state index contributed by atoms with van der Waals surface area (Å²) in [6.45, 7) is 20.0. The average Bonchev–Trinajstić information content (AvgIpc) is 3.34. The molecule has 0 bridgehead atoms. The molecule has 1 fully saturated rings. The van der Waals surface area contributed by atoms with Gasteiger partial charge in [-0.15, -0.1) is 0 Å². The molecule has 0 amide bonds. The predicted molar refractivity (Wildman–Crippen MR) is 136 cm³/mol. The van der Waals surface area contributed by atoms with Gasteiger partial charge in [0.1, 0.15) is 12.1 Å². The maximum atomic E-state index is 10.1. The highest BCUT2D eigenvalue weighted by Crippen LogP contribution is 2.05. The van der Waals surface area contributed by atoms with Crippen LogP contribution in [0.25, 0.3) is 5.70 Å². The van der Waals surface area contributed by atoms with Gasteiger partial charge < -0.3 is 19.3 Å². The van der Waals surface area contributed by atoms with E-state index < -0.39 is 0 Å². The quantitative estimate of drug-likeness (QED) is 0.138. The van der Waals surface area contributed by atoms with Crippen LogP contribution < -0.4 is 5.43 Å². The van der Waals surface area contributed by atoms with Crippen molar-refractivity contribution in [3.05, 3.63) is 74.5 Å². The number of hydrazone groups is 1. The fourth-order valence-electron chi connectivity index (χ4n) is 2.70. The highest BCUT2D eigenvalue weighted by Gasteiger charge is 2.15. The first kappa shape index (κ1) is 27.6. The highest BCUT2D eigenvalue weighted by atomic mass is 16.5. The summed E-state index contributed by atoms with van der Waals surface area (Å²) < 4.78 is 7.14. The van der Waals surface area contributed by atoms with Crippen LogP contribution in [0.2, 0.25) is 0 Å². The Morgan fingerprint density at radius 2 is 2.00 bits per heavy atom. The summed E-state index contributed by atoms with van der Waals surface area (Å²) in [6, 6.07) is 1.84. The normalized spacial score (nSPS) is 15.1. The summed E-state index contributed by atoms with van der Waals surface area (Å²) in [6.07, 6.45) is 13.7. The molecule has 33 heavy (non-hydrogen) atoms. The Hall–Kier alpha value is -3.39. The fraction of sp³-hybridized carbons (Fsp3) is 0.400. The highest BCUT2D eigenvalue weighted by molar-refractivity contribution is 5.92. The number of piperazine rings is 1. The van der Waals surface area contributed by atoms with E-state index >= 15 is 0 Å². The number of amidine groups is 1. The monoisotopic (exact) mass is 454 g/mol. The zero-order valence-corrected chi connectivity index (χ0v) is 20.2. The van der Waals surface area contributed by atoms with Gasteiger partial charge >= 0.3 is 0 Å². The Morgan fingerprint density at radius 1 is 1.27 bits per heavy atom. The van der Waals surface area contributed by atoms with Gasteiger partial charge in [-0.1, -0.05) is 39.2 Å². The second-order valence-electron chi connectivity index (χ2n) is 7.79. The molecule has 2 rings (SSSR count). The molecule has 0 saturated carbocycles. The third kappa shape index (κ3) is 11.7. The third-order valence-electron chi connectivity index (χ3n) is 4.47. The number of ether oxygens (including phenoxy) is 1. The van der Waals surface area contributed by atoms with Crippen LogP contribution in [0.5, 0.6) is 0 Å². The SMILES string of the molecule is C=C/C(=N\NC(=C)OCC(C)C)N1CCN(C)CC1.C=C/C=C(\C=C/CC=O)n1cccn1. The molecule has 0 unspecified atom stereocenters. The number of allylic oxidation sites excluding steroid dienone is 5. The Kier molecular flexibility index (Phi) is 13.6. The van der Waals surface area contributed by atoms with Crippen LogP contribution in [-0.2, 0) is 9.53 Å². The molecule has 1 N–H and O–H groups in total. The number of nitrogens with zero attached hydrogens (tertiary/aromatic N) is 5. The topological polar surface area (TPSA) is 75.0 Å². The van der Waals surface area contributed by atoms with E-state index in [1.54, 1.807) is 29.1 Å². The molecule has 0 aromatic carbocycles. The van der Waals surface area contributed by atoms with E-state index in [2.05, 4.69) is 66.1 Å². The second kappa shape index (κ2) is 16.3. The number of aldehydes is 1. The number of likely N-dealkylation sites (N-methyl/N-ethyl adjacent to an activating group) is 1. The van der Waals surface area contributed by atoms with Crippen molar-refractivity contribution >= 4 is 17.8 Å². The molecular formula is C25H38N6O2. The first-order chi connectivity index (χ1) is 15.9. The number of carbonyl (C=O) groups is 1. The van der Waals surface area contributed by atoms with Gasteiger partial charge in [-0.25, -0.2) is 10.1 Å². The lowest BCUT2D eigenvalue weighted by molar-refractivity contribution is -0.107. The van der Waals surface area contributed by atoms with Gasteiger partial charge in [0.25, 0.3) is 0 Å². The lowest BCUT2D eigenvalue weighted by Crippen LogP contribution is -2.47. The maximum Gasteiger partial charge on any atom is 0.199 e. The first-order valence-electron chi connectivity index (χ1n) is 11.1. The molecule has 1 saturated heterocycles. The predicted octanol–water partition coefficient (Wildman–Crippen LogP) is 3.52. The maximum absolute atomic E-state index is 10.1. The average molecular weight is 455 g/mol. The Balaban J connectivity index is 0.000000346. The van der Waals surface area contributed by atoms with Gasteiger partial charge in [0, 0.05) is 45.0 Å². The number of hydrogen-bond acceptors (Lipinski definition) is 6. The van der Waals surface area contributed by atoms with Crippen LogP contribution in [-0.4, -0.2) is 71.5 Å². The zero-order chi connectivity index (χ0) is 24.5. The van der Waals surface area contributed by atoms with Gasteiger partial charge in [0.05, 0.1) is 12.3 Å². The van der Waals surface area contributed by atoms with E-state index in [-0.39, 0.29) is 0 Å². The van der Waals surface area contributed by atoms with E-state index in [1.807, 2.05) is 24.4 Å². The van der Waals surface area contributed by atoms with Gasteiger partial charge in [0.15, 0.2) is 5.88 Å². The largest absolute Gasteiger partial charge is 0.478 e. The first-order valence-corrected chi connectivity index (χ1v) is 11.1. The number of carbonyl (C=O) groups excluding carboxylic acids is 1. The van der Waals surface area contributed by atoms with Crippen molar-refractivity contribution in [3.63, 3.8) is 0 Å². The minimum Gasteiger partial charge on any atom is -0.478 e. The molecule has 180 valence electrons. The van der Waals surface area contributed by atoms with Crippen molar-refractivity contribution in [2.24, 2.45) is 11.0 Å². The Bertz CT molecular complexity index is 816. The van der Waals surface area contributed by atoms with Crippen LogP contribution in [0.15, 0.2) is 79.6 Å². The molecule has 1 aliphatic rings. The Morgan fingerprint density at radius 3 is 2.55 bits per heavy atom. The molecule has 0 aliphatic carbocycles. The summed E-state index contributed by atoms with van der Waals surface area (Å²) in [5.74, 6) is 1.78. The summed E-state index contributed by atoms with van der Waals surface area (Å²) in [7, 11) is 2.13. The van der Waals surface area contributed by atoms with Crippen LogP contribution in [0, 0.1) is 5.92 Å². The second-order valence-corrected chi connectivity index (χ2v) is 7.79. The number of aromatic nitrogens is 2. The molecule has 8 nitrogen and oxygen atoms in total. The molecule has 0 spiro atoms. The van der Waals surface area contributed by atoms with E-state index in [0.717, 1.165) is 44.0 Å². The van der Waals surface area contributed by atoms with Crippen LogP contribution in [0.3, 0.4) is 0 Å². The zero-order valence-electron chi connectivity index (χ0n) is 20.2. The van der Waals surface area contributed by atoms with Crippen molar-refractivity contribution in [2.45, 2.75) is 20.3 Å². The molecule has 0 radical (unpaired) electrons. The van der Waals surface area contributed by atoms with Gasteiger partial charge in [0.2, 0.25) is 0 Å². The smallest absolute Gasteiger partial charge is 0.199 e. The minimum atomic E-state index is 0.412.